The van der Waals surface area contributed by atoms with Crippen molar-refractivity contribution in [2.24, 2.45) is 0 Å². The van der Waals surface area contributed by atoms with Crippen molar-refractivity contribution >= 4 is 23.4 Å². The Morgan fingerprint density at radius 2 is 1.83 bits per heavy atom. The Hall–Kier alpha value is -2.99. The van der Waals surface area contributed by atoms with E-state index in [-0.39, 0.29) is 0 Å². The number of nitrogens with zero attached hydrogens (tertiary/aromatic N) is 1. The zero-order chi connectivity index (χ0) is 21.0. The number of aromatic nitrogens is 2. The highest BCUT2D eigenvalue weighted by Crippen LogP contribution is 2.29. The number of nitrogen functional groups attached to an aromatic ring is 1. The van der Waals surface area contributed by atoms with Gasteiger partial charge in [-0.25, -0.2) is 9.78 Å². The number of amides is 1. The van der Waals surface area contributed by atoms with Crippen LogP contribution in [0.2, 0.25) is 5.15 Å². The lowest BCUT2D eigenvalue weighted by Crippen LogP contribution is -2.36. The van der Waals surface area contributed by atoms with Crippen LogP contribution in [0, 0.1) is 0 Å². The lowest BCUT2D eigenvalue weighted by molar-refractivity contribution is 0.0501. The third-order valence-electron chi connectivity index (χ3n) is 4.17. The standard InChI is InChI=1S/C22H25ClN4O2/c1-22(2,3)29-21(28)25-17(13-14-7-5-4-6-8-14)20-26-18(19(23)27-20)15-9-11-16(24)12-10-15/h4-12,17H,13,24H2,1-3H3,(H,25,28)(H,26,27). The Morgan fingerprint density at radius 1 is 1.17 bits per heavy atom. The van der Waals surface area contributed by atoms with Gasteiger partial charge in [-0.1, -0.05) is 54.1 Å². The molecule has 0 fully saturated rings. The molecule has 7 heteroatoms. The molecule has 0 bridgehead atoms. The molecule has 29 heavy (non-hydrogen) atoms. The molecule has 0 aliphatic heterocycles. The molecule has 152 valence electrons. The number of halogens is 1. The second-order valence-corrected chi connectivity index (χ2v) is 8.17. The number of nitrogens with two attached hydrogens (primary N) is 1. The summed E-state index contributed by atoms with van der Waals surface area (Å²) < 4.78 is 5.42. The monoisotopic (exact) mass is 412 g/mol. The SMILES string of the molecule is CC(C)(C)OC(=O)NC(Cc1ccccc1)c1nc(-c2ccc(N)cc2)c(Cl)[nH]1. The van der Waals surface area contributed by atoms with Gasteiger partial charge in [0.05, 0.1) is 6.04 Å². The topological polar surface area (TPSA) is 93.0 Å². The number of H-pyrrole nitrogens is 1. The average Bonchev–Trinajstić information content (AvgIpc) is 3.03. The van der Waals surface area contributed by atoms with Gasteiger partial charge < -0.3 is 20.8 Å². The van der Waals surface area contributed by atoms with Crippen LogP contribution in [-0.4, -0.2) is 21.7 Å². The van der Waals surface area contributed by atoms with Crippen LogP contribution in [0.1, 0.15) is 38.2 Å². The van der Waals surface area contributed by atoms with Gasteiger partial charge in [0.15, 0.2) is 0 Å². The number of alkyl carbamates (subject to hydrolysis) is 1. The summed E-state index contributed by atoms with van der Waals surface area (Å²) in [6, 6.07) is 16.7. The first-order valence-electron chi connectivity index (χ1n) is 9.36. The number of carbonyl (C=O) groups excluding carboxylic acids is 1. The van der Waals surface area contributed by atoms with E-state index >= 15 is 0 Å². The largest absolute Gasteiger partial charge is 0.444 e. The van der Waals surface area contributed by atoms with Crippen molar-refractivity contribution < 1.29 is 9.53 Å². The molecule has 0 saturated heterocycles. The van der Waals surface area contributed by atoms with Gasteiger partial charge in [-0.15, -0.1) is 0 Å². The van der Waals surface area contributed by atoms with Gasteiger partial charge in [0.25, 0.3) is 0 Å². The zero-order valence-electron chi connectivity index (χ0n) is 16.7. The third-order valence-corrected chi connectivity index (χ3v) is 4.44. The molecule has 0 radical (unpaired) electrons. The van der Waals surface area contributed by atoms with E-state index in [9.17, 15) is 4.79 Å². The molecule has 6 nitrogen and oxygen atoms in total. The van der Waals surface area contributed by atoms with Gasteiger partial charge in [0.1, 0.15) is 22.3 Å². The number of hydrogen-bond acceptors (Lipinski definition) is 4. The van der Waals surface area contributed by atoms with Crippen LogP contribution >= 0.6 is 11.6 Å². The molecule has 0 spiro atoms. The predicted octanol–water partition coefficient (Wildman–Crippen LogP) is 5.12. The molecule has 0 saturated carbocycles. The van der Waals surface area contributed by atoms with E-state index in [1.165, 1.54) is 0 Å². The molecule has 0 aliphatic rings. The fraction of sp³-hybridized carbons (Fsp3) is 0.273. The maximum absolute atomic E-state index is 12.4. The summed E-state index contributed by atoms with van der Waals surface area (Å²) in [6.45, 7) is 5.46. The lowest BCUT2D eigenvalue weighted by Gasteiger charge is -2.23. The van der Waals surface area contributed by atoms with E-state index in [1.54, 1.807) is 12.1 Å². The Balaban J connectivity index is 1.90. The Kier molecular flexibility index (Phi) is 6.13. The minimum atomic E-state index is -0.600. The molecule has 1 atom stereocenters. The van der Waals surface area contributed by atoms with Crippen molar-refractivity contribution in [3.05, 3.63) is 71.1 Å². The number of benzene rings is 2. The molecular formula is C22H25ClN4O2. The molecular weight excluding hydrogens is 388 g/mol. The predicted molar refractivity (Wildman–Crippen MR) is 116 cm³/mol. The van der Waals surface area contributed by atoms with Crippen LogP contribution in [0.5, 0.6) is 0 Å². The number of hydrogen-bond donors (Lipinski definition) is 3. The summed E-state index contributed by atoms with van der Waals surface area (Å²) in [5.41, 5.74) is 8.32. The minimum absolute atomic E-state index is 0.397. The van der Waals surface area contributed by atoms with E-state index in [0.717, 1.165) is 11.1 Å². The number of anilines is 1. The highest BCUT2D eigenvalue weighted by atomic mass is 35.5. The molecule has 0 aliphatic carbocycles. The van der Waals surface area contributed by atoms with E-state index < -0.39 is 17.7 Å². The highest BCUT2D eigenvalue weighted by Gasteiger charge is 2.24. The zero-order valence-corrected chi connectivity index (χ0v) is 17.5. The summed E-state index contributed by atoms with van der Waals surface area (Å²) in [4.78, 5) is 20.2. The molecule has 1 amide bonds. The molecule has 1 heterocycles. The first kappa shape index (κ1) is 20.7. The number of carbonyl (C=O) groups is 1. The van der Waals surface area contributed by atoms with Crippen molar-refractivity contribution in [3.8, 4) is 11.3 Å². The molecule has 1 aromatic heterocycles. The summed E-state index contributed by atoms with van der Waals surface area (Å²) >= 11 is 6.42. The third kappa shape index (κ3) is 5.74. The molecule has 4 N–H and O–H groups in total. The second-order valence-electron chi connectivity index (χ2n) is 7.80. The number of imidazole rings is 1. The first-order chi connectivity index (χ1) is 13.7. The lowest BCUT2D eigenvalue weighted by atomic mass is 10.1. The van der Waals surface area contributed by atoms with Crippen LogP contribution < -0.4 is 11.1 Å². The van der Waals surface area contributed by atoms with Crippen LogP contribution in [0.3, 0.4) is 0 Å². The maximum atomic E-state index is 12.4. The van der Waals surface area contributed by atoms with Crippen molar-refractivity contribution in [2.45, 2.75) is 38.8 Å². The number of rotatable bonds is 5. The number of ether oxygens (including phenoxy) is 1. The van der Waals surface area contributed by atoms with E-state index in [2.05, 4.69) is 15.3 Å². The summed E-state index contributed by atoms with van der Waals surface area (Å²) in [7, 11) is 0. The van der Waals surface area contributed by atoms with Gasteiger partial charge in [-0.05, 0) is 38.5 Å². The first-order valence-corrected chi connectivity index (χ1v) is 9.74. The highest BCUT2D eigenvalue weighted by molar-refractivity contribution is 6.31. The number of aromatic amines is 1. The second kappa shape index (κ2) is 8.57. The fourth-order valence-corrected chi connectivity index (χ4v) is 3.13. The fourth-order valence-electron chi connectivity index (χ4n) is 2.88. The summed E-state index contributed by atoms with van der Waals surface area (Å²) in [5.74, 6) is 0.552. The average molecular weight is 413 g/mol. The van der Waals surface area contributed by atoms with Crippen molar-refractivity contribution in [2.75, 3.05) is 5.73 Å². The van der Waals surface area contributed by atoms with Crippen LogP contribution in [0.25, 0.3) is 11.3 Å². The Bertz CT molecular complexity index is 963. The Morgan fingerprint density at radius 3 is 2.45 bits per heavy atom. The molecule has 1 unspecified atom stereocenters. The minimum Gasteiger partial charge on any atom is -0.444 e. The quantitative estimate of drug-likeness (QED) is 0.507. The maximum Gasteiger partial charge on any atom is 0.408 e. The normalized spacial score (nSPS) is 12.4. The van der Waals surface area contributed by atoms with Crippen LogP contribution in [0.15, 0.2) is 54.6 Å². The van der Waals surface area contributed by atoms with Crippen LogP contribution in [-0.2, 0) is 11.2 Å². The smallest absolute Gasteiger partial charge is 0.408 e. The van der Waals surface area contributed by atoms with Gasteiger partial charge in [-0.3, -0.25) is 0 Å². The van der Waals surface area contributed by atoms with E-state index in [1.807, 2.05) is 63.2 Å². The molecule has 3 rings (SSSR count). The van der Waals surface area contributed by atoms with E-state index in [0.29, 0.717) is 28.8 Å². The van der Waals surface area contributed by atoms with E-state index in [4.69, 9.17) is 22.1 Å². The summed E-state index contributed by atoms with van der Waals surface area (Å²) in [5, 5.41) is 3.30. The van der Waals surface area contributed by atoms with Gasteiger partial charge >= 0.3 is 6.09 Å². The van der Waals surface area contributed by atoms with Crippen molar-refractivity contribution in [3.63, 3.8) is 0 Å². The van der Waals surface area contributed by atoms with Gasteiger partial charge in [0.2, 0.25) is 0 Å². The van der Waals surface area contributed by atoms with Crippen molar-refractivity contribution in [1.29, 1.82) is 0 Å². The van der Waals surface area contributed by atoms with Gasteiger partial charge in [0, 0.05) is 17.7 Å². The van der Waals surface area contributed by atoms with Gasteiger partial charge in [-0.2, -0.15) is 0 Å². The summed E-state index contributed by atoms with van der Waals surface area (Å²) in [6.07, 6.45) is 0.0189. The molecule has 3 aromatic rings. The molecule has 2 aromatic carbocycles. The van der Waals surface area contributed by atoms with Crippen LogP contribution in [0.4, 0.5) is 10.5 Å². The Labute approximate surface area is 175 Å². The van der Waals surface area contributed by atoms with Crippen molar-refractivity contribution in [1.82, 2.24) is 15.3 Å². The number of nitrogens with one attached hydrogen (secondary N) is 2.